The van der Waals surface area contributed by atoms with Crippen molar-refractivity contribution >= 4 is 16.9 Å². The zero-order chi connectivity index (χ0) is 16.5. The molecular weight excluding hydrogens is 302 g/mol. The number of carbonyl (C=O) groups is 1. The lowest BCUT2D eigenvalue weighted by molar-refractivity contribution is 0.0775. The van der Waals surface area contributed by atoms with E-state index < -0.39 is 0 Å². The van der Waals surface area contributed by atoms with Crippen LogP contribution in [0.5, 0.6) is 0 Å². The zero-order valence-corrected chi connectivity index (χ0v) is 13.8. The highest BCUT2D eigenvalue weighted by atomic mass is 16.3. The Morgan fingerprint density at radius 3 is 2.92 bits per heavy atom. The molecule has 0 spiro atoms. The smallest absolute Gasteiger partial charge is 0.254 e. The number of imidazole rings is 1. The van der Waals surface area contributed by atoms with Crippen molar-refractivity contribution in [1.82, 2.24) is 14.5 Å². The number of rotatable bonds is 4. The van der Waals surface area contributed by atoms with Gasteiger partial charge in [-0.05, 0) is 43.2 Å². The quantitative estimate of drug-likeness (QED) is 0.729. The van der Waals surface area contributed by atoms with Gasteiger partial charge >= 0.3 is 0 Å². The topological polar surface area (TPSA) is 51.3 Å². The van der Waals surface area contributed by atoms with Crippen molar-refractivity contribution in [3.8, 4) is 0 Å². The first-order valence-corrected chi connectivity index (χ1v) is 8.47. The monoisotopic (exact) mass is 323 g/mol. The second-order valence-corrected chi connectivity index (χ2v) is 6.53. The van der Waals surface area contributed by atoms with Crippen molar-refractivity contribution in [2.24, 2.45) is 0 Å². The van der Waals surface area contributed by atoms with E-state index in [9.17, 15) is 4.79 Å². The molecule has 1 aliphatic rings. The first-order valence-electron chi connectivity index (χ1n) is 8.47. The number of fused-ring (bicyclic) bond motifs is 1. The largest absolute Gasteiger partial charge is 0.467 e. The first kappa shape index (κ1) is 15.0. The van der Waals surface area contributed by atoms with Crippen LogP contribution in [0.25, 0.3) is 11.0 Å². The lowest BCUT2D eigenvalue weighted by Crippen LogP contribution is -2.25. The van der Waals surface area contributed by atoms with Gasteiger partial charge in [0.05, 0.1) is 30.2 Å². The molecule has 1 aromatic carbocycles. The van der Waals surface area contributed by atoms with E-state index in [4.69, 9.17) is 4.42 Å². The van der Waals surface area contributed by atoms with Crippen LogP contribution in [0.15, 0.2) is 47.3 Å². The van der Waals surface area contributed by atoms with Crippen molar-refractivity contribution in [1.29, 1.82) is 0 Å². The summed E-state index contributed by atoms with van der Waals surface area (Å²) in [7, 11) is 1.78. The highest BCUT2D eigenvalue weighted by Crippen LogP contribution is 2.32. The molecule has 0 aliphatic heterocycles. The van der Waals surface area contributed by atoms with Crippen LogP contribution in [0.3, 0.4) is 0 Å². The molecule has 5 heteroatoms. The maximum Gasteiger partial charge on any atom is 0.254 e. The Bertz CT molecular complexity index is 845. The zero-order valence-electron chi connectivity index (χ0n) is 13.8. The van der Waals surface area contributed by atoms with Crippen LogP contribution in [-0.2, 0) is 6.54 Å². The number of nitrogens with zero attached hydrogens (tertiary/aromatic N) is 3. The Hall–Kier alpha value is -2.56. The van der Waals surface area contributed by atoms with Crippen LogP contribution in [0.4, 0.5) is 0 Å². The molecule has 1 aliphatic carbocycles. The fraction of sp³-hybridized carbons (Fsp3) is 0.368. The van der Waals surface area contributed by atoms with Crippen molar-refractivity contribution in [2.45, 2.75) is 38.3 Å². The summed E-state index contributed by atoms with van der Waals surface area (Å²) in [5.74, 6) is 0.751. The Morgan fingerprint density at radius 1 is 1.33 bits per heavy atom. The van der Waals surface area contributed by atoms with Crippen LogP contribution in [0, 0.1) is 0 Å². The van der Waals surface area contributed by atoms with Crippen LogP contribution >= 0.6 is 0 Å². The fourth-order valence-corrected chi connectivity index (χ4v) is 3.57. The average Bonchev–Trinajstić information content (AvgIpc) is 3.33. The highest BCUT2D eigenvalue weighted by molar-refractivity contribution is 5.97. The van der Waals surface area contributed by atoms with Gasteiger partial charge < -0.3 is 13.9 Å². The minimum atomic E-state index is -0.0243. The molecule has 0 saturated heterocycles. The second-order valence-electron chi connectivity index (χ2n) is 6.53. The summed E-state index contributed by atoms with van der Waals surface area (Å²) in [5.41, 5.74) is 2.67. The first-order chi connectivity index (χ1) is 11.7. The van der Waals surface area contributed by atoms with Crippen molar-refractivity contribution in [3.63, 3.8) is 0 Å². The molecule has 2 aromatic heterocycles. The number of carbonyl (C=O) groups excluding carboxylic acids is 1. The molecule has 1 fully saturated rings. The van der Waals surface area contributed by atoms with Gasteiger partial charge in [0.2, 0.25) is 0 Å². The van der Waals surface area contributed by atoms with Crippen LogP contribution < -0.4 is 0 Å². The maximum absolute atomic E-state index is 12.6. The Kier molecular flexibility index (Phi) is 3.84. The maximum atomic E-state index is 12.6. The van der Waals surface area contributed by atoms with Gasteiger partial charge in [0.1, 0.15) is 5.76 Å². The summed E-state index contributed by atoms with van der Waals surface area (Å²) in [5, 5.41) is 0. The van der Waals surface area contributed by atoms with E-state index in [1.54, 1.807) is 18.2 Å². The molecule has 0 bridgehead atoms. The molecule has 4 rings (SSSR count). The highest BCUT2D eigenvalue weighted by Gasteiger charge is 2.20. The molecule has 124 valence electrons. The summed E-state index contributed by atoms with van der Waals surface area (Å²) in [6.45, 7) is 0.459. The van der Waals surface area contributed by atoms with E-state index in [2.05, 4.69) is 9.55 Å². The lowest BCUT2D eigenvalue weighted by atomic mass is 10.1. The van der Waals surface area contributed by atoms with Gasteiger partial charge in [-0.1, -0.05) is 12.8 Å². The van der Waals surface area contributed by atoms with Gasteiger partial charge in [-0.2, -0.15) is 0 Å². The van der Waals surface area contributed by atoms with Gasteiger partial charge in [-0.3, -0.25) is 4.79 Å². The average molecular weight is 323 g/mol. The SMILES string of the molecule is CN(Cc1ccco1)C(=O)c1ccc2c(c1)ncn2C1CCCC1. The summed E-state index contributed by atoms with van der Waals surface area (Å²) >= 11 is 0. The molecule has 1 amide bonds. The number of furan rings is 1. The molecule has 0 atom stereocenters. The number of hydrogen-bond donors (Lipinski definition) is 0. The second kappa shape index (κ2) is 6.15. The van der Waals surface area contributed by atoms with Gasteiger partial charge in [0, 0.05) is 18.7 Å². The summed E-state index contributed by atoms with van der Waals surface area (Å²) in [6, 6.07) is 10.1. The summed E-state index contributed by atoms with van der Waals surface area (Å²) in [6.07, 6.45) is 8.56. The third kappa shape index (κ3) is 2.70. The molecule has 0 N–H and O–H groups in total. The molecule has 5 nitrogen and oxygen atoms in total. The standard InChI is InChI=1S/C19H21N3O2/c1-21(12-16-7-4-10-24-16)19(23)14-8-9-18-17(11-14)20-13-22(18)15-5-2-3-6-15/h4,7-11,13,15H,2-3,5-6,12H2,1H3. The molecule has 3 aromatic rings. The third-order valence-electron chi connectivity index (χ3n) is 4.86. The third-order valence-corrected chi connectivity index (χ3v) is 4.86. The van der Waals surface area contributed by atoms with E-state index in [0.717, 1.165) is 16.8 Å². The predicted molar refractivity (Wildman–Crippen MR) is 91.7 cm³/mol. The van der Waals surface area contributed by atoms with Gasteiger partial charge in [0.15, 0.2) is 0 Å². The predicted octanol–water partition coefficient (Wildman–Crippen LogP) is 4.02. The Balaban J connectivity index is 1.57. The summed E-state index contributed by atoms with van der Waals surface area (Å²) in [4.78, 5) is 18.8. The normalized spacial score (nSPS) is 15.2. The van der Waals surface area contributed by atoms with E-state index in [-0.39, 0.29) is 5.91 Å². The summed E-state index contributed by atoms with van der Waals surface area (Å²) < 4.78 is 7.58. The van der Waals surface area contributed by atoms with Gasteiger partial charge in [0.25, 0.3) is 5.91 Å². The fourth-order valence-electron chi connectivity index (χ4n) is 3.57. The minimum absolute atomic E-state index is 0.0243. The number of amides is 1. The molecule has 0 unspecified atom stereocenters. The van der Waals surface area contributed by atoms with E-state index in [0.29, 0.717) is 18.2 Å². The van der Waals surface area contributed by atoms with Crippen molar-refractivity contribution in [2.75, 3.05) is 7.05 Å². The molecule has 0 radical (unpaired) electrons. The van der Waals surface area contributed by atoms with E-state index in [1.165, 1.54) is 25.7 Å². The van der Waals surface area contributed by atoms with Gasteiger partial charge in [-0.25, -0.2) is 4.98 Å². The molecule has 24 heavy (non-hydrogen) atoms. The van der Waals surface area contributed by atoms with Crippen LogP contribution in [-0.4, -0.2) is 27.4 Å². The van der Waals surface area contributed by atoms with Crippen molar-refractivity contribution < 1.29 is 9.21 Å². The molecular formula is C19H21N3O2. The van der Waals surface area contributed by atoms with Crippen molar-refractivity contribution in [3.05, 3.63) is 54.2 Å². The number of hydrogen-bond acceptors (Lipinski definition) is 3. The number of aromatic nitrogens is 2. The molecule has 1 saturated carbocycles. The van der Waals surface area contributed by atoms with Crippen LogP contribution in [0.1, 0.15) is 47.8 Å². The van der Waals surface area contributed by atoms with Crippen LogP contribution in [0.2, 0.25) is 0 Å². The number of benzene rings is 1. The Labute approximate surface area is 140 Å². The Morgan fingerprint density at radius 2 is 2.17 bits per heavy atom. The lowest BCUT2D eigenvalue weighted by Gasteiger charge is -2.16. The van der Waals surface area contributed by atoms with Gasteiger partial charge in [-0.15, -0.1) is 0 Å². The van der Waals surface area contributed by atoms with E-state index >= 15 is 0 Å². The van der Waals surface area contributed by atoms with E-state index in [1.807, 2.05) is 36.7 Å². The minimum Gasteiger partial charge on any atom is -0.467 e. The molecule has 2 heterocycles.